The number of aromatic nitrogens is 3. The number of carbonyl (C=O) groups is 2. The first kappa shape index (κ1) is 15.1. The number of hydrogen-bond acceptors (Lipinski definition) is 5. The molecule has 1 aliphatic rings. The molecule has 0 saturated carbocycles. The first-order valence-electron chi connectivity index (χ1n) is 6.57. The van der Waals surface area contributed by atoms with Gasteiger partial charge in [0.2, 0.25) is 5.91 Å². The van der Waals surface area contributed by atoms with Crippen molar-refractivity contribution in [2.45, 2.75) is 12.1 Å². The second kappa shape index (κ2) is 5.41. The van der Waals surface area contributed by atoms with Crippen molar-refractivity contribution < 1.29 is 22.8 Å². The van der Waals surface area contributed by atoms with E-state index in [-0.39, 0.29) is 23.6 Å². The number of fused-ring (bicyclic) bond motifs is 1. The van der Waals surface area contributed by atoms with E-state index in [1.165, 1.54) is 23.0 Å². The summed E-state index contributed by atoms with van der Waals surface area (Å²) in [5.41, 5.74) is 0.526. The number of nitrogens with zero attached hydrogens (tertiary/aromatic N) is 3. The third-order valence-corrected chi connectivity index (χ3v) is 3.23. The zero-order valence-corrected chi connectivity index (χ0v) is 11.5. The van der Waals surface area contributed by atoms with Gasteiger partial charge >= 0.3 is 12.2 Å². The van der Waals surface area contributed by atoms with Crippen LogP contribution in [-0.2, 0) is 4.79 Å². The molecule has 1 unspecified atom stereocenters. The van der Waals surface area contributed by atoms with Crippen LogP contribution in [0.15, 0.2) is 18.5 Å². The number of imide groups is 1. The number of alkyl halides is 3. The smallest absolute Gasteiger partial charge is 0.373 e. The molecule has 3 N–H and O–H groups in total. The minimum atomic E-state index is -4.40. The molecule has 2 aromatic rings. The Labute approximate surface area is 127 Å². The van der Waals surface area contributed by atoms with Gasteiger partial charge in [0.05, 0.1) is 17.3 Å². The van der Waals surface area contributed by atoms with Crippen LogP contribution in [0.4, 0.5) is 23.7 Å². The molecule has 3 heterocycles. The number of halogens is 3. The number of carbonyl (C=O) groups excluding carboxylic acids is 2. The van der Waals surface area contributed by atoms with E-state index in [0.29, 0.717) is 0 Å². The van der Waals surface area contributed by atoms with Gasteiger partial charge in [0.25, 0.3) is 0 Å². The first-order valence-corrected chi connectivity index (χ1v) is 6.57. The number of nitrogens with one attached hydrogen (secondary N) is 3. The second-order valence-electron chi connectivity index (χ2n) is 4.90. The molecular weight excluding hydrogens is 317 g/mol. The highest BCUT2D eigenvalue weighted by molar-refractivity contribution is 6.00. The zero-order chi connectivity index (χ0) is 16.6. The molecule has 0 spiro atoms. The van der Waals surface area contributed by atoms with Crippen LogP contribution in [0.1, 0.15) is 11.6 Å². The summed E-state index contributed by atoms with van der Waals surface area (Å²) >= 11 is 0. The van der Waals surface area contributed by atoms with E-state index >= 15 is 0 Å². The standard InChI is InChI=1S/C12H11F3N6O2/c13-12(14,15)5-18-8-3-7(20-21-2-1-16-9(8)21)6-4-17-11(23)19-10(6)22/h1-3,6,18H,4-5H2,(H2,17,19,22,23). The van der Waals surface area contributed by atoms with Crippen molar-refractivity contribution in [3.05, 3.63) is 24.2 Å². The normalized spacial score (nSPS) is 18.7. The second-order valence-corrected chi connectivity index (χ2v) is 4.90. The molecule has 1 aliphatic heterocycles. The van der Waals surface area contributed by atoms with Gasteiger partial charge in [0.15, 0.2) is 5.65 Å². The van der Waals surface area contributed by atoms with Crippen molar-refractivity contribution in [2.24, 2.45) is 0 Å². The van der Waals surface area contributed by atoms with Gasteiger partial charge in [0.1, 0.15) is 6.54 Å². The van der Waals surface area contributed by atoms with Crippen molar-refractivity contribution in [1.29, 1.82) is 0 Å². The average Bonchev–Trinajstić information content (AvgIpc) is 2.92. The number of hydrogen-bond donors (Lipinski definition) is 3. The number of rotatable bonds is 3. The fraction of sp³-hybridized carbons (Fsp3) is 0.333. The summed E-state index contributed by atoms with van der Waals surface area (Å²) in [6.07, 6.45) is -1.56. The highest BCUT2D eigenvalue weighted by Crippen LogP contribution is 2.24. The van der Waals surface area contributed by atoms with Crippen LogP contribution >= 0.6 is 0 Å². The average molecular weight is 328 g/mol. The Hall–Kier alpha value is -2.85. The van der Waals surface area contributed by atoms with Gasteiger partial charge in [-0.2, -0.15) is 18.3 Å². The number of amides is 3. The van der Waals surface area contributed by atoms with E-state index in [9.17, 15) is 22.8 Å². The summed E-state index contributed by atoms with van der Waals surface area (Å²) in [7, 11) is 0. The Morgan fingerprint density at radius 1 is 1.39 bits per heavy atom. The molecule has 8 nitrogen and oxygen atoms in total. The maximum atomic E-state index is 12.4. The van der Waals surface area contributed by atoms with Crippen LogP contribution in [0, 0.1) is 0 Å². The van der Waals surface area contributed by atoms with Crippen LogP contribution in [0.2, 0.25) is 0 Å². The highest BCUT2D eigenvalue weighted by Gasteiger charge is 2.31. The molecule has 1 atom stereocenters. The van der Waals surface area contributed by atoms with E-state index in [4.69, 9.17) is 0 Å². The maximum absolute atomic E-state index is 12.4. The van der Waals surface area contributed by atoms with Gasteiger partial charge in [-0.3, -0.25) is 10.1 Å². The lowest BCUT2D eigenvalue weighted by atomic mass is 10.0. The Morgan fingerprint density at radius 2 is 2.17 bits per heavy atom. The molecule has 2 aromatic heterocycles. The molecule has 0 radical (unpaired) electrons. The van der Waals surface area contributed by atoms with E-state index in [0.717, 1.165) is 0 Å². The lowest BCUT2D eigenvalue weighted by molar-refractivity contribution is -0.122. The number of urea groups is 1. The minimum Gasteiger partial charge on any atom is -0.373 e. The number of anilines is 1. The Bertz CT molecular complexity index is 772. The van der Waals surface area contributed by atoms with Crippen LogP contribution < -0.4 is 16.0 Å². The molecule has 3 rings (SSSR count). The summed E-state index contributed by atoms with van der Waals surface area (Å²) in [6.45, 7) is -1.23. The van der Waals surface area contributed by atoms with Crippen LogP contribution in [0.3, 0.4) is 0 Å². The minimum absolute atomic E-state index is 0.0105. The molecule has 1 saturated heterocycles. The zero-order valence-electron chi connectivity index (χ0n) is 11.5. The Kier molecular flexibility index (Phi) is 3.54. The van der Waals surface area contributed by atoms with Gasteiger partial charge in [-0.25, -0.2) is 14.3 Å². The van der Waals surface area contributed by atoms with E-state index in [2.05, 4.69) is 26.0 Å². The van der Waals surface area contributed by atoms with Crippen LogP contribution in [0.5, 0.6) is 0 Å². The summed E-state index contributed by atoms with van der Waals surface area (Å²) in [5.74, 6) is -1.37. The van der Waals surface area contributed by atoms with Crippen molar-refractivity contribution in [3.63, 3.8) is 0 Å². The molecule has 1 fully saturated rings. The monoisotopic (exact) mass is 328 g/mol. The Balaban J connectivity index is 1.95. The van der Waals surface area contributed by atoms with Crippen LogP contribution in [0.25, 0.3) is 5.65 Å². The quantitative estimate of drug-likeness (QED) is 0.767. The summed E-state index contributed by atoms with van der Waals surface area (Å²) in [4.78, 5) is 26.9. The van der Waals surface area contributed by atoms with Crippen molar-refractivity contribution in [3.8, 4) is 0 Å². The molecule has 11 heteroatoms. The van der Waals surface area contributed by atoms with Gasteiger partial charge in [0, 0.05) is 18.9 Å². The van der Waals surface area contributed by atoms with Gasteiger partial charge in [-0.15, -0.1) is 0 Å². The van der Waals surface area contributed by atoms with E-state index < -0.39 is 30.6 Å². The topological polar surface area (TPSA) is 100 Å². The van der Waals surface area contributed by atoms with E-state index in [1.54, 1.807) is 0 Å². The molecule has 0 aliphatic carbocycles. The van der Waals surface area contributed by atoms with Crippen LogP contribution in [-0.4, -0.2) is 45.8 Å². The van der Waals surface area contributed by atoms with Gasteiger partial charge < -0.3 is 10.6 Å². The largest absolute Gasteiger partial charge is 0.405 e. The molecule has 0 bridgehead atoms. The first-order chi connectivity index (χ1) is 10.8. The summed E-state index contributed by atoms with van der Waals surface area (Å²) in [6, 6.07) is 0.709. The molecular formula is C12H11F3N6O2. The maximum Gasteiger partial charge on any atom is 0.405 e. The van der Waals surface area contributed by atoms with E-state index in [1.807, 2.05) is 0 Å². The number of imidazole rings is 1. The third kappa shape index (κ3) is 3.17. The van der Waals surface area contributed by atoms with Crippen molar-refractivity contribution >= 4 is 23.3 Å². The third-order valence-electron chi connectivity index (χ3n) is 3.23. The van der Waals surface area contributed by atoms with Gasteiger partial charge in [-0.1, -0.05) is 0 Å². The van der Waals surface area contributed by atoms with Crippen molar-refractivity contribution in [2.75, 3.05) is 18.4 Å². The summed E-state index contributed by atoms with van der Waals surface area (Å²) < 4.78 is 38.5. The fourth-order valence-corrected chi connectivity index (χ4v) is 2.20. The molecule has 3 amide bonds. The molecule has 0 aromatic carbocycles. The Morgan fingerprint density at radius 3 is 2.87 bits per heavy atom. The molecule has 23 heavy (non-hydrogen) atoms. The SMILES string of the molecule is O=C1NCC(c2cc(NCC(F)(F)F)c3nccn3n2)C(=O)N1. The summed E-state index contributed by atoms with van der Waals surface area (Å²) in [5, 5.41) is 10.9. The highest BCUT2D eigenvalue weighted by atomic mass is 19.4. The molecule has 122 valence electrons. The van der Waals surface area contributed by atoms with Gasteiger partial charge in [-0.05, 0) is 6.07 Å². The van der Waals surface area contributed by atoms with Crippen molar-refractivity contribution in [1.82, 2.24) is 25.2 Å². The predicted octanol–water partition coefficient (Wildman–Crippen LogP) is 0.626. The lowest BCUT2D eigenvalue weighted by Crippen LogP contribution is -2.51. The lowest BCUT2D eigenvalue weighted by Gasteiger charge is -2.22. The predicted molar refractivity (Wildman–Crippen MR) is 71.8 cm³/mol. The fourth-order valence-electron chi connectivity index (χ4n) is 2.20.